The first-order chi connectivity index (χ1) is 16.0. The molecule has 5 rings (SSSR count). The first kappa shape index (κ1) is 22.6. The lowest BCUT2D eigenvalue weighted by Crippen LogP contribution is -2.51. The summed E-state index contributed by atoms with van der Waals surface area (Å²) in [6.45, 7) is 5.26. The smallest absolute Gasteiger partial charge is 0.225 e. The first-order valence-corrected chi connectivity index (χ1v) is 12.2. The van der Waals surface area contributed by atoms with E-state index in [4.69, 9.17) is 33.7 Å². The van der Waals surface area contributed by atoms with E-state index in [1.165, 1.54) is 0 Å². The average Bonchev–Trinajstić information content (AvgIpc) is 3.17. The topological polar surface area (TPSA) is 74.1 Å². The zero-order valence-corrected chi connectivity index (χ0v) is 20.0. The number of benzene rings is 1. The summed E-state index contributed by atoms with van der Waals surface area (Å²) in [7, 11) is 0. The minimum Gasteiger partial charge on any atom is -0.398 e. The van der Waals surface area contributed by atoms with Crippen molar-refractivity contribution >= 4 is 34.8 Å². The predicted molar refractivity (Wildman–Crippen MR) is 130 cm³/mol. The molecule has 4 aliphatic rings. The van der Waals surface area contributed by atoms with Crippen LogP contribution in [0.15, 0.2) is 47.9 Å². The highest BCUT2D eigenvalue weighted by Gasteiger charge is 2.34. The molecule has 1 aromatic rings. The summed E-state index contributed by atoms with van der Waals surface area (Å²) in [5.74, 6) is 0.393. The summed E-state index contributed by atoms with van der Waals surface area (Å²) in [5, 5.41) is 4.80. The van der Waals surface area contributed by atoms with Gasteiger partial charge in [-0.25, -0.2) is 0 Å². The van der Waals surface area contributed by atoms with Crippen molar-refractivity contribution in [3.63, 3.8) is 0 Å². The quantitative estimate of drug-likeness (QED) is 0.677. The van der Waals surface area contributed by atoms with Crippen LogP contribution in [0.2, 0.25) is 10.0 Å². The number of halogens is 2. The van der Waals surface area contributed by atoms with E-state index < -0.39 is 0 Å². The predicted octanol–water partition coefficient (Wildman–Crippen LogP) is 2.83. The summed E-state index contributed by atoms with van der Waals surface area (Å²) in [5.41, 5.74) is 9.84. The van der Waals surface area contributed by atoms with E-state index in [0.717, 1.165) is 62.5 Å². The molecule has 33 heavy (non-hydrogen) atoms. The number of allylic oxidation sites excluding steroid dienone is 1. The molecule has 0 bridgehead atoms. The Morgan fingerprint density at radius 2 is 1.91 bits per heavy atom. The number of ether oxygens (including phenoxy) is 1. The van der Waals surface area contributed by atoms with E-state index >= 15 is 0 Å². The van der Waals surface area contributed by atoms with Gasteiger partial charge in [-0.15, -0.1) is 0 Å². The van der Waals surface area contributed by atoms with Crippen LogP contribution in [0.5, 0.6) is 0 Å². The van der Waals surface area contributed by atoms with Gasteiger partial charge in [0.15, 0.2) is 0 Å². The Balaban J connectivity index is 1.33. The van der Waals surface area contributed by atoms with Gasteiger partial charge < -0.3 is 25.6 Å². The van der Waals surface area contributed by atoms with E-state index in [1.807, 2.05) is 29.3 Å². The summed E-state index contributed by atoms with van der Waals surface area (Å²) in [6.07, 6.45) is 7.59. The minimum atomic E-state index is -0.00886. The third kappa shape index (κ3) is 4.73. The molecule has 1 aromatic carbocycles. The molecule has 0 aliphatic carbocycles. The Morgan fingerprint density at radius 1 is 1.15 bits per heavy atom. The largest absolute Gasteiger partial charge is 0.398 e. The molecule has 2 saturated heterocycles. The normalized spacial score (nSPS) is 24.1. The number of nitrogens with one attached hydrogen (secondary N) is 1. The zero-order valence-electron chi connectivity index (χ0n) is 18.5. The minimum absolute atomic E-state index is 0.00886. The number of amides is 1. The van der Waals surface area contributed by atoms with Crippen molar-refractivity contribution in [1.82, 2.24) is 20.0 Å². The van der Waals surface area contributed by atoms with Crippen LogP contribution in [0.4, 0.5) is 0 Å². The molecule has 0 spiro atoms. The molecule has 9 heteroatoms. The fourth-order valence-electron chi connectivity index (χ4n) is 4.93. The molecule has 1 amide bonds. The molecule has 0 saturated carbocycles. The second kappa shape index (κ2) is 9.58. The Labute approximate surface area is 204 Å². The Hall–Kier alpha value is -2.19. The molecule has 1 unspecified atom stereocenters. The van der Waals surface area contributed by atoms with Crippen LogP contribution >= 0.6 is 23.2 Å². The van der Waals surface area contributed by atoms with Crippen molar-refractivity contribution in [2.24, 2.45) is 11.7 Å². The van der Waals surface area contributed by atoms with E-state index in [1.54, 1.807) is 6.07 Å². The Morgan fingerprint density at radius 3 is 2.64 bits per heavy atom. The van der Waals surface area contributed by atoms with Gasteiger partial charge in [-0.3, -0.25) is 9.69 Å². The van der Waals surface area contributed by atoms with E-state index in [-0.39, 0.29) is 18.0 Å². The van der Waals surface area contributed by atoms with Crippen molar-refractivity contribution in [2.45, 2.75) is 19.0 Å². The summed E-state index contributed by atoms with van der Waals surface area (Å²) in [4.78, 5) is 19.5. The maximum absolute atomic E-state index is 12.9. The second-order valence-corrected chi connectivity index (χ2v) is 9.76. The van der Waals surface area contributed by atoms with Crippen molar-refractivity contribution in [2.75, 3.05) is 45.9 Å². The number of fused-ring (bicyclic) bond motifs is 1. The number of carbonyl (C=O) groups excluding carboxylic acids is 1. The third-order valence-corrected chi connectivity index (χ3v) is 7.33. The van der Waals surface area contributed by atoms with Gasteiger partial charge in [0.05, 0.1) is 16.4 Å². The molecule has 4 aliphatic heterocycles. The lowest BCUT2D eigenvalue weighted by atomic mass is 9.98. The van der Waals surface area contributed by atoms with Crippen molar-refractivity contribution < 1.29 is 9.53 Å². The highest BCUT2D eigenvalue weighted by atomic mass is 35.5. The monoisotopic (exact) mass is 489 g/mol. The van der Waals surface area contributed by atoms with Crippen LogP contribution in [0.25, 0.3) is 5.70 Å². The average molecular weight is 490 g/mol. The number of piperazine rings is 1. The first-order valence-electron chi connectivity index (χ1n) is 11.5. The van der Waals surface area contributed by atoms with Gasteiger partial charge in [0.25, 0.3) is 0 Å². The molecule has 176 valence electrons. The number of hydrogen-bond acceptors (Lipinski definition) is 6. The van der Waals surface area contributed by atoms with Gasteiger partial charge in [-0.05, 0) is 43.2 Å². The van der Waals surface area contributed by atoms with E-state index in [9.17, 15) is 4.79 Å². The molecule has 0 radical (unpaired) electrons. The highest BCUT2D eigenvalue weighted by Crippen LogP contribution is 2.35. The molecule has 0 aromatic heterocycles. The van der Waals surface area contributed by atoms with Gasteiger partial charge in [0.1, 0.15) is 6.17 Å². The van der Waals surface area contributed by atoms with Gasteiger partial charge in [0, 0.05) is 74.3 Å². The third-order valence-electron chi connectivity index (χ3n) is 6.78. The zero-order chi connectivity index (χ0) is 22.9. The van der Waals surface area contributed by atoms with Gasteiger partial charge >= 0.3 is 0 Å². The second-order valence-electron chi connectivity index (χ2n) is 8.92. The molecule has 7 nitrogen and oxygen atoms in total. The summed E-state index contributed by atoms with van der Waals surface area (Å²) >= 11 is 12.7. The van der Waals surface area contributed by atoms with Gasteiger partial charge in [-0.1, -0.05) is 23.2 Å². The number of carbonyl (C=O) groups is 1. The van der Waals surface area contributed by atoms with Crippen LogP contribution in [-0.4, -0.2) is 72.7 Å². The summed E-state index contributed by atoms with van der Waals surface area (Å²) < 4.78 is 5.41. The molecule has 4 heterocycles. The van der Waals surface area contributed by atoms with Gasteiger partial charge in [-0.2, -0.15) is 0 Å². The van der Waals surface area contributed by atoms with Crippen molar-refractivity contribution in [3.8, 4) is 0 Å². The van der Waals surface area contributed by atoms with Crippen LogP contribution in [0.1, 0.15) is 18.4 Å². The number of rotatable bonds is 4. The number of nitrogens with zero attached hydrogens (tertiary/aromatic N) is 3. The van der Waals surface area contributed by atoms with E-state index in [0.29, 0.717) is 29.0 Å². The van der Waals surface area contributed by atoms with E-state index in [2.05, 4.69) is 21.2 Å². The summed E-state index contributed by atoms with van der Waals surface area (Å²) in [6, 6.07) is 5.57. The Bertz CT molecular complexity index is 1010. The molecular formula is C24H29Cl2N5O2. The molecule has 3 N–H and O–H groups in total. The van der Waals surface area contributed by atoms with Crippen molar-refractivity contribution in [1.29, 1.82) is 0 Å². The lowest BCUT2D eigenvalue weighted by Gasteiger charge is -2.38. The standard InChI is InChI=1S/C24H29Cl2N5O2/c25-17-1-3-19(20(26)13-17)23-21(31-14-18(27)2-4-22(31)28-23)15-29-7-9-30(10-8-29)24(32)16-5-11-33-12-6-16/h1-4,13-14,16,22,28H,5-12,15,27H2. The number of nitrogens with two attached hydrogens (primary N) is 1. The SMILES string of the molecule is NC1=CN2C(CN3CCN(C(=O)C4CCOCC4)CC3)=C(c3ccc(Cl)cc3Cl)NC2C=C1. The van der Waals surface area contributed by atoms with Crippen LogP contribution in [0.3, 0.4) is 0 Å². The molecule has 1 atom stereocenters. The van der Waals surface area contributed by atoms with Gasteiger partial charge in [0.2, 0.25) is 5.91 Å². The fourth-order valence-corrected chi connectivity index (χ4v) is 5.43. The maximum Gasteiger partial charge on any atom is 0.225 e. The highest BCUT2D eigenvalue weighted by molar-refractivity contribution is 6.35. The molecular weight excluding hydrogens is 461 g/mol. The lowest BCUT2D eigenvalue weighted by molar-refractivity contribution is -0.140. The maximum atomic E-state index is 12.9. The Kier molecular flexibility index (Phi) is 6.56. The van der Waals surface area contributed by atoms with Crippen LogP contribution in [-0.2, 0) is 9.53 Å². The molecule has 2 fully saturated rings. The van der Waals surface area contributed by atoms with Crippen LogP contribution in [0, 0.1) is 5.92 Å². The van der Waals surface area contributed by atoms with Crippen LogP contribution < -0.4 is 11.1 Å². The van der Waals surface area contributed by atoms with Crippen molar-refractivity contribution in [3.05, 3.63) is 63.6 Å². The fraction of sp³-hybridized carbons (Fsp3) is 0.458. The number of hydrogen-bond donors (Lipinski definition) is 2.